The summed E-state index contributed by atoms with van der Waals surface area (Å²) in [5.74, 6) is 1.85. The molecule has 2 aromatic carbocycles. The molecule has 0 atom stereocenters. The predicted molar refractivity (Wildman–Crippen MR) is 131 cm³/mol. The van der Waals surface area contributed by atoms with Gasteiger partial charge in [0.05, 0.1) is 13.7 Å². The normalized spacial score (nSPS) is 14.6. The van der Waals surface area contributed by atoms with Crippen LogP contribution in [0.15, 0.2) is 59.6 Å². The number of fused-ring (bicyclic) bond motifs is 1. The average molecular weight is 505 g/mol. The Morgan fingerprint density at radius 2 is 1.86 bits per heavy atom. The van der Waals surface area contributed by atoms with Crippen LogP contribution in [0.3, 0.4) is 0 Å². The number of methoxy groups -OCH3 is 1. The Morgan fingerprint density at radius 1 is 1.07 bits per heavy atom. The Bertz CT molecular complexity index is 930. The molecule has 1 fully saturated rings. The highest BCUT2D eigenvalue weighted by Crippen LogP contribution is 2.22. The lowest BCUT2D eigenvalue weighted by Gasteiger charge is -2.37. The third-order valence-corrected chi connectivity index (χ3v) is 5.23. The fraction of sp³-hybridized carbons (Fsp3) is 0.318. The van der Waals surface area contributed by atoms with E-state index in [-0.39, 0.29) is 24.0 Å². The summed E-state index contributed by atoms with van der Waals surface area (Å²) in [4.78, 5) is 12.7. The molecule has 2 heterocycles. The van der Waals surface area contributed by atoms with Gasteiger partial charge < -0.3 is 24.8 Å². The number of halogens is 1. The maximum absolute atomic E-state index is 5.35. The summed E-state index contributed by atoms with van der Waals surface area (Å²) in [5, 5.41) is 4.73. The number of hydrogen-bond acceptors (Lipinski definition) is 3. The molecule has 0 amide bonds. The van der Waals surface area contributed by atoms with Crippen molar-refractivity contribution in [2.24, 2.45) is 4.99 Å². The third kappa shape index (κ3) is 4.95. The number of aliphatic imine (C=N–C) groups is 1. The van der Waals surface area contributed by atoms with E-state index in [0.717, 1.165) is 50.1 Å². The second-order valence-electron chi connectivity index (χ2n) is 6.96. The third-order valence-electron chi connectivity index (χ3n) is 5.23. The first kappa shape index (κ1) is 21.3. The molecule has 1 aliphatic heterocycles. The highest BCUT2D eigenvalue weighted by atomic mass is 127. The van der Waals surface area contributed by atoms with Gasteiger partial charge in [-0.15, -0.1) is 24.0 Å². The van der Waals surface area contributed by atoms with Gasteiger partial charge in [0.15, 0.2) is 5.96 Å². The summed E-state index contributed by atoms with van der Waals surface area (Å²) < 4.78 is 5.35. The molecule has 0 bridgehead atoms. The van der Waals surface area contributed by atoms with Crippen molar-refractivity contribution in [1.29, 1.82) is 0 Å². The lowest BCUT2D eigenvalue weighted by molar-refractivity contribution is 0.371. The monoisotopic (exact) mass is 505 g/mol. The number of aromatic amines is 1. The van der Waals surface area contributed by atoms with E-state index in [9.17, 15) is 0 Å². The Kier molecular flexibility index (Phi) is 7.24. The van der Waals surface area contributed by atoms with Gasteiger partial charge in [-0.1, -0.05) is 24.3 Å². The Balaban J connectivity index is 0.00000240. The first-order chi connectivity index (χ1) is 13.8. The van der Waals surface area contributed by atoms with Crippen LogP contribution in [0.1, 0.15) is 5.69 Å². The fourth-order valence-corrected chi connectivity index (χ4v) is 3.72. The van der Waals surface area contributed by atoms with Gasteiger partial charge in [-0.2, -0.15) is 0 Å². The minimum atomic E-state index is 0. The number of benzene rings is 2. The van der Waals surface area contributed by atoms with E-state index in [2.05, 4.69) is 67.6 Å². The molecule has 0 aliphatic carbocycles. The van der Waals surface area contributed by atoms with Crippen LogP contribution in [-0.2, 0) is 6.54 Å². The average Bonchev–Trinajstić information content (AvgIpc) is 3.17. The molecule has 1 saturated heterocycles. The van der Waals surface area contributed by atoms with Gasteiger partial charge in [-0.05, 0) is 29.7 Å². The largest absolute Gasteiger partial charge is 0.497 e. The van der Waals surface area contributed by atoms with Crippen molar-refractivity contribution in [3.05, 3.63) is 60.3 Å². The molecule has 7 heteroatoms. The molecule has 1 aromatic heterocycles. The van der Waals surface area contributed by atoms with Crippen molar-refractivity contribution in [2.45, 2.75) is 6.54 Å². The maximum Gasteiger partial charge on any atom is 0.194 e. The summed E-state index contributed by atoms with van der Waals surface area (Å²) >= 11 is 0. The van der Waals surface area contributed by atoms with E-state index in [0.29, 0.717) is 0 Å². The van der Waals surface area contributed by atoms with Crippen LogP contribution in [0, 0.1) is 0 Å². The first-order valence-electron chi connectivity index (χ1n) is 9.68. The zero-order valence-electron chi connectivity index (χ0n) is 16.9. The molecule has 154 valence electrons. The lowest BCUT2D eigenvalue weighted by Crippen LogP contribution is -2.52. The van der Waals surface area contributed by atoms with Gasteiger partial charge in [0.2, 0.25) is 0 Å². The molecule has 1 aliphatic rings. The second kappa shape index (κ2) is 9.87. The molecule has 0 radical (unpaired) electrons. The minimum absolute atomic E-state index is 0. The van der Waals surface area contributed by atoms with Crippen LogP contribution in [-0.4, -0.2) is 56.2 Å². The van der Waals surface area contributed by atoms with Crippen LogP contribution >= 0.6 is 24.0 Å². The van der Waals surface area contributed by atoms with Crippen LogP contribution in [0.4, 0.5) is 5.69 Å². The topological polar surface area (TPSA) is 55.9 Å². The molecule has 0 spiro atoms. The SMILES string of the molecule is CN=C(NCc1cc2ccccc2[nH]1)N1CCN(c2cccc(OC)c2)CC1.I. The molecule has 2 N–H and O–H groups in total. The maximum atomic E-state index is 5.35. The standard InChI is InChI=1S/C22H27N5O.HI/c1-23-22(24-16-18-14-17-6-3-4-9-21(17)25-18)27-12-10-26(11-13-27)19-7-5-8-20(15-19)28-2;/h3-9,14-15,25H,10-13,16H2,1-2H3,(H,23,24);1H. The molecular formula is C22H28IN5O. The predicted octanol–water partition coefficient (Wildman–Crippen LogP) is 3.69. The molecule has 3 aromatic rings. The van der Waals surface area contributed by atoms with Gasteiger partial charge in [-0.25, -0.2) is 0 Å². The Labute approximate surface area is 189 Å². The van der Waals surface area contributed by atoms with Crippen LogP contribution in [0.2, 0.25) is 0 Å². The van der Waals surface area contributed by atoms with Crippen molar-refractivity contribution in [2.75, 3.05) is 45.2 Å². The van der Waals surface area contributed by atoms with E-state index < -0.39 is 0 Å². The zero-order valence-corrected chi connectivity index (χ0v) is 19.2. The number of H-pyrrole nitrogens is 1. The summed E-state index contributed by atoms with van der Waals surface area (Å²) in [6.45, 7) is 4.52. The number of aromatic nitrogens is 1. The number of nitrogens with one attached hydrogen (secondary N) is 2. The quantitative estimate of drug-likeness (QED) is 0.323. The lowest BCUT2D eigenvalue weighted by atomic mass is 10.2. The van der Waals surface area contributed by atoms with E-state index >= 15 is 0 Å². The number of para-hydroxylation sites is 1. The number of piperazine rings is 1. The second-order valence-corrected chi connectivity index (χ2v) is 6.96. The molecule has 29 heavy (non-hydrogen) atoms. The molecule has 0 saturated carbocycles. The molecular weight excluding hydrogens is 477 g/mol. The van der Waals surface area contributed by atoms with Crippen molar-refractivity contribution < 1.29 is 4.74 Å². The summed E-state index contributed by atoms with van der Waals surface area (Å²) in [7, 11) is 3.56. The van der Waals surface area contributed by atoms with Crippen molar-refractivity contribution in [3.63, 3.8) is 0 Å². The highest BCUT2D eigenvalue weighted by Gasteiger charge is 2.20. The number of nitrogens with zero attached hydrogens (tertiary/aromatic N) is 3. The number of hydrogen-bond donors (Lipinski definition) is 2. The highest BCUT2D eigenvalue weighted by molar-refractivity contribution is 14.0. The van der Waals surface area contributed by atoms with Crippen molar-refractivity contribution in [3.8, 4) is 5.75 Å². The number of guanidine groups is 1. The number of rotatable bonds is 4. The number of ether oxygens (including phenoxy) is 1. The van der Waals surface area contributed by atoms with Gasteiger partial charge in [0, 0.05) is 56.2 Å². The van der Waals surface area contributed by atoms with Crippen molar-refractivity contribution in [1.82, 2.24) is 15.2 Å². The smallest absolute Gasteiger partial charge is 0.194 e. The fourth-order valence-electron chi connectivity index (χ4n) is 3.72. The minimum Gasteiger partial charge on any atom is -0.497 e. The first-order valence-corrected chi connectivity index (χ1v) is 9.68. The van der Waals surface area contributed by atoms with Crippen LogP contribution < -0.4 is 15.0 Å². The van der Waals surface area contributed by atoms with Gasteiger partial charge in [-0.3, -0.25) is 4.99 Å². The van der Waals surface area contributed by atoms with E-state index in [1.54, 1.807) is 7.11 Å². The Morgan fingerprint density at radius 3 is 2.59 bits per heavy atom. The van der Waals surface area contributed by atoms with E-state index in [4.69, 9.17) is 4.74 Å². The van der Waals surface area contributed by atoms with Crippen molar-refractivity contribution >= 4 is 46.5 Å². The van der Waals surface area contributed by atoms with E-state index in [1.165, 1.54) is 16.6 Å². The molecule has 0 unspecified atom stereocenters. The summed E-state index contributed by atoms with van der Waals surface area (Å²) in [6.07, 6.45) is 0. The van der Waals surface area contributed by atoms with Crippen LogP contribution in [0.25, 0.3) is 10.9 Å². The van der Waals surface area contributed by atoms with Gasteiger partial charge in [0.25, 0.3) is 0 Å². The summed E-state index contributed by atoms with van der Waals surface area (Å²) in [5.41, 5.74) is 3.54. The van der Waals surface area contributed by atoms with Gasteiger partial charge in [0.1, 0.15) is 5.75 Å². The zero-order chi connectivity index (χ0) is 19.3. The van der Waals surface area contributed by atoms with Crippen LogP contribution in [0.5, 0.6) is 5.75 Å². The van der Waals surface area contributed by atoms with Gasteiger partial charge >= 0.3 is 0 Å². The Hall–Kier alpha value is -2.42. The number of anilines is 1. The molecule has 4 rings (SSSR count). The molecule has 6 nitrogen and oxygen atoms in total. The summed E-state index contributed by atoms with van der Waals surface area (Å²) in [6, 6.07) is 18.8. The van der Waals surface area contributed by atoms with E-state index in [1.807, 2.05) is 19.2 Å².